The van der Waals surface area contributed by atoms with Crippen molar-refractivity contribution in [3.05, 3.63) is 23.8 Å². The van der Waals surface area contributed by atoms with Gasteiger partial charge in [0, 0.05) is 19.3 Å². The van der Waals surface area contributed by atoms with E-state index in [1.807, 2.05) is 0 Å². The largest absolute Gasteiger partial charge is 0.508 e. The molecule has 1 aliphatic rings. The second kappa shape index (κ2) is 6.43. The third kappa shape index (κ3) is 3.86. The molecule has 1 N–H and O–H groups in total. The first kappa shape index (κ1) is 13.7. The maximum absolute atomic E-state index is 11.4. The number of rotatable bonds is 4. The van der Waals surface area contributed by atoms with Crippen molar-refractivity contribution < 1.29 is 24.1 Å². The van der Waals surface area contributed by atoms with Crippen molar-refractivity contribution in [1.29, 1.82) is 0 Å². The Morgan fingerprint density at radius 3 is 2.79 bits per heavy atom. The number of benzene rings is 1. The fourth-order valence-electron chi connectivity index (χ4n) is 2.03. The smallest absolute Gasteiger partial charge is 0.338 e. The Morgan fingerprint density at radius 2 is 2.11 bits per heavy atom. The number of phenolic OH excluding ortho intramolecular Hbond substituents is 1. The van der Waals surface area contributed by atoms with Crippen LogP contribution in [0.1, 0.15) is 23.2 Å². The summed E-state index contributed by atoms with van der Waals surface area (Å²) in [5.74, 6) is 0.432. The van der Waals surface area contributed by atoms with E-state index in [1.54, 1.807) is 6.07 Å². The Labute approximate surface area is 112 Å². The molecule has 104 valence electrons. The van der Waals surface area contributed by atoms with Crippen molar-refractivity contribution in [1.82, 2.24) is 0 Å². The fraction of sp³-hybridized carbons (Fsp3) is 0.500. The van der Waals surface area contributed by atoms with Gasteiger partial charge in [0.25, 0.3) is 0 Å². The number of ether oxygens (including phenoxy) is 3. The molecule has 0 aliphatic carbocycles. The Balaban J connectivity index is 1.99. The zero-order valence-corrected chi connectivity index (χ0v) is 10.9. The summed E-state index contributed by atoms with van der Waals surface area (Å²) in [6.07, 6.45) is 1.95. The Morgan fingerprint density at radius 1 is 1.37 bits per heavy atom. The third-order valence-corrected chi connectivity index (χ3v) is 3.14. The third-order valence-electron chi connectivity index (χ3n) is 3.14. The van der Waals surface area contributed by atoms with Gasteiger partial charge in [-0.25, -0.2) is 4.79 Å². The molecule has 2 rings (SSSR count). The van der Waals surface area contributed by atoms with Crippen LogP contribution in [0.15, 0.2) is 18.2 Å². The summed E-state index contributed by atoms with van der Waals surface area (Å²) in [5, 5.41) is 9.57. The zero-order valence-electron chi connectivity index (χ0n) is 10.9. The highest BCUT2D eigenvalue weighted by Gasteiger charge is 2.15. The fourth-order valence-corrected chi connectivity index (χ4v) is 2.03. The molecule has 0 spiro atoms. The zero-order chi connectivity index (χ0) is 13.7. The van der Waals surface area contributed by atoms with Crippen LogP contribution in [0.5, 0.6) is 11.5 Å². The molecular formula is C14H18O5. The van der Waals surface area contributed by atoms with Crippen molar-refractivity contribution in [2.45, 2.75) is 12.8 Å². The molecule has 1 fully saturated rings. The summed E-state index contributed by atoms with van der Waals surface area (Å²) >= 11 is 0. The molecule has 0 unspecified atom stereocenters. The predicted molar refractivity (Wildman–Crippen MR) is 68.5 cm³/mol. The standard InChI is InChI=1S/C14H18O5/c1-17-14(16)11-6-12(15)8-13(7-11)19-9-10-2-4-18-5-3-10/h6-8,10,15H,2-5,9H2,1H3. The second-order valence-electron chi connectivity index (χ2n) is 4.57. The molecule has 0 amide bonds. The average molecular weight is 266 g/mol. The van der Waals surface area contributed by atoms with Gasteiger partial charge >= 0.3 is 5.97 Å². The lowest BCUT2D eigenvalue weighted by Crippen LogP contribution is -2.21. The van der Waals surface area contributed by atoms with Gasteiger partial charge in [-0.2, -0.15) is 0 Å². The lowest BCUT2D eigenvalue weighted by Gasteiger charge is -2.22. The molecule has 1 aliphatic heterocycles. The summed E-state index contributed by atoms with van der Waals surface area (Å²) < 4.78 is 15.5. The van der Waals surface area contributed by atoms with Crippen LogP contribution in [-0.4, -0.2) is 38.0 Å². The monoisotopic (exact) mass is 266 g/mol. The van der Waals surface area contributed by atoms with Crippen LogP contribution in [-0.2, 0) is 9.47 Å². The molecule has 0 radical (unpaired) electrons. The summed E-state index contributed by atoms with van der Waals surface area (Å²) in [5.41, 5.74) is 0.282. The quantitative estimate of drug-likeness (QED) is 0.844. The average Bonchev–Trinajstić information content (AvgIpc) is 2.45. The van der Waals surface area contributed by atoms with Crippen LogP contribution >= 0.6 is 0 Å². The van der Waals surface area contributed by atoms with Crippen molar-refractivity contribution in [3.8, 4) is 11.5 Å². The highest BCUT2D eigenvalue weighted by atomic mass is 16.5. The molecule has 0 aromatic heterocycles. The number of phenols is 1. The minimum Gasteiger partial charge on any atom is -0.508 e. The maximum atomic E-state index is 11.4. The Bertz CT molecular complexity index is 437. The molecule has 1 saturated heterocycles. The minimum absolute atomic E-state index is 0.00937. The number of hydrogen-bond donors (Lipinski definition) is 1. The molecule has 0 bridgehead atoms. The number of hydrogen-bond acceptors (Lipinski definition) is 5. The highest BCUT2D eigenvalue weighted by molar-refractivity contribution is 5.90. The number of carbonyl (C=O) groups is 1. The first-order chi connectivity index (χ1) is 9.19. The van der Waals surface area contributed by atoms with Gasteiger partial charge in [-0.05, 0) is 30.9 Å². The van der Waals surface area contributed by atoms with Crippen molar-refractivity contribution in [3.63, 3.8) is 0 Å². The van der Waals surface area contributed by atoms with Crippen LogP contribution < -0.4 is 4.74 Å². The lowest BCUT2D eigenvalue weighted by molar-refractivity contribution is 0.0496. The lowest BCUT2D eigenvalue weighted by atomic mass is 10.0. The van der Waals surface area contributed by atoms with Gasteiger partial charge in [0.05, 0.1) is 19.3 Å². The van der Waals surface area contributed by atoms with Gasteiger partial charge in [-0.15, -0.1) is 0 Å². The first-order valence-corrected chi connectivity index (χ1v) is 6.32. The van der Waals surface area contributed by atoms with Gasteiger partial charge in [0.2, 0.25) is 0 Å². The van der Waals surface area contributed by atoms with Crippen LogP contribution in [0.2, 0.25) is 0 Å². The van der Waals surface area contributed by atoms with Crippen LogP contribution in [0, 0.1) is 5.92 Å². The molecule has 1 aromatic carbocycles. The highest BCUT2D eigenvalue weighted by Crippen LogP contribution is 2.24. The number of carbonyl (C=O) groups excluding carboxylic acids is 1. The molecular weight excluding hydrogens is 248 g/mol. The molecule has 5 nitrogen and oxygen atoms in total. The van der Waals surface area contributed by atoms with E-state index >= 15 is 0 Å². The van der Waals surface area contributed by atoms with E-state index in [-0.39, 0.29) is 11.3 Å². The van der Waals surface area contributed by atoms with E-state index < -0.39 is 5.97 Å². The normalized spacial score (nSPS) is 16.1. The number of aromatic hydroxyl groups is 1. The van der Waals surface area contributed by atoms with E-state index in [0.717, 1.165) is 26.1 Å². The van der Waals surface area contributed by atoms with Gasteiger partial charge in [-0.3, -0.25) is 0 Å². The number of esters is 1. The molecule has 0 saturated carbocycles. The van der Waals surface area contributed by atoms with E-state index in [1.165, 1.54) is 19.2 Å². The van der Waals surface area contributed by atoms with Crippen molar-refractivity contribution >= 4 is 5.97 Å². The van der Waals surface area contributed by atoms with Crippen molar-refractivity contribution in [2.75, 3.05) is 26.9 Å². The summed E-state index contributed by atoms with van der Waals surface area (Å²) in [4.78, 5) is 11.4. The van der Waals surface area contributed by atoms with E-state index in [4.69, 9.17) is 9.47 Å². The Hall–Kier alpha value is -1.75. The van der Waals surface area contributed by atoms with Gasteiger partial charge in [-0.1, -0.05) is 0 Å². The minimum atomic E-state index is -0.494. The number of methoxy groups -OCH3 is 1. The Kier molecular flexibility index (Phi) is 4.63. The molecule has 19 heavy (non-hydrogen) atoms. The summed E-state index contributed by atoms with van der Waals surface area (Å²) in [6, 6.07) is 4.42. The molecule has 1 heterocycles. The van der Waals surface area contributed by atoms with Crippen LogP contribution in [0.25, 0.3) is 0 Å². The van der Waals surface area contributed by atoms with Crippen LogP contribution in [0.3, 0.4) is 0 Å². The second-order valence-corrected chi connectivity index (χ2v) is 4.57. The van der Waals surface area contributed by atoms with Gasteiger partial charge in [0.1, 0.15) is 11.5 Å². The van der Waals surface area contributed by atoms with Gasteiger partial charge < -0.3 is 19.3 Å². The summed E-state index contributed by atoms with van der Waals surface area (Å²) in [6.45, 7) is 2.09. The van der Waals surface area contributed by atoms with E-state index in [2.05, 4.69) is 4.74 Å². The summed E-state index contributed by atoms with van der Waals surface area (Å²) in [7, 11) is 1.30. The molecule has 0 atom stereocenters. The predicted octanol–water partition coefficient (Wildman–Crippen LogP) is 1.98. The van der Waals surface area contributed by atoms with Crippen molar-refractivity contribution in [2.24, 2.45) is 5.92 Å². The molecule has 5 heteroatoms. The maximum Gasteiger partial charge on any atom is 0.338 e. The van der Waals surface area contributed by atoms with E-state index in [9.17, 15) is 9.90 Å². The van der Waals surface area contributed by atoms with E-state index in [0.29, 0.717) is 18.3 Å². The first-order valence-electron chi connectivity index (χ1n) is 6.32. The van der Waals surface area contributed by atoms with Crippen LogP contribution in [0.4, 0.5) is 0 Å². The van der Waals surface area contributed by atoms with Gasteiger partial charge in [0.15, 0.2) is 0 Å². The molecule has 1 aromatic rings. The SMILES string of the molecule is COC(=O)c1cc(O)cc(OCC2CCOCC2)c1. The topological polar surface area (TPSA) is 65.0 Å².